The lowest BCUT2D eigenvalue weighted by molar-refractivity contribution is -0.142. The molecule has 0 rings (SSSR count). The smallest absolute Gasteiger partial charge is 0.308 e. The number of carboxylic acids is 1. The second-order valence-electron chi connectivity index (χ2n) is 4.04. The summed E-state index contributed by atoms with van der Waals surface area (Å²) in [6.07, 6.45) is 0.617. The van der Waals surface area contributed by atoms with Crippen molar-refractivity contribution in [1.29, 1.82) is 0 Å². The Hall–Kier alpha value is -1.59. The van der Waals surface area contributed by atoms with Gasteiger partial charge in [-0.15, -0.1) is 0 Å². The Kier molecular flexibility index (Phi) is 6.93. The van der Waals surface area contributed by atoms with Crippen LogP contribution in [0.5, 0.6) is 0 Å². The fourth-order valence-electron chi connectivity index (χ4n) is 1.32. The molecule has 0 aromatic carbocycles. The zero-order valence-electron chi connectivity index (χ0n) is 10.5. The maximum absolute atomic E-state index is 11.3. The van der Waals surface area contributed by atoms with Crippen LogP contribution in [0.1, 0.15) is 27.2 Å². The van der Waals surface area contributed by atoms with Crippen LogP contribution in [0.3, 0.4) is 0 Å². The first-order chi connectivity index (χ1) is 7.84. The number of nitrogens with zero attached hydrogens (tertiary/aromatic N) is 1. The molecule has 0 radical (unpaired) electrons. The number of carbonyl (C=O) groups is 3. The van der Waals surface area contributed by atoms with Crippen molar-refractivity contribution in [3.63, 3.8) is 0 Å². The summed E-state index contributed by atoms with van der Waals surface area (Å²) in [5.74, 6) is -1.77. The van der Waals surface area contributed by atoms with E-state index >= 15 is 0 Å². The maximum Gasteiger partial charge on any atom is 0.308 e. The highest BCUT2D eigenvalue weighted by molar-refractivity contribution is 5.75. The van der Waals surface area contributed by atoms with Gasteiger partial charge < -0.3 is 15.3 Å². The van der Waals surface area contributed by atoms with E-state index in [2.05, 4.69) is 5.32 Å². The van der Waals surface area contributed by atoms with E-state index in [4.69, 9.17) is 5.11 Å². The van der Waals surface area contributed by atoms with Crippen molar-refractivity contribution in [3.8, 4) is 0 Å². The third kappa shape index (κ3) is 7.32. The number of rotatable bonds is 7. The van der Waals surface area contributed by atoms with Crippen LogP contribution in [0, 0.1) is 5.92 Å². The van der Waals surface area contributed by atoms with Gasteiger partial charge in [-0.1, -0.05) is 6.92 Å². The van der Waals surface area contributed by atoms with Crippen molar-refractivity contribution in [1.82, 2.24) is 10.2 Å². The van der Waals surface area contributed by atoms with Crippen molar-refractivity contribution in [2.45, 2.75) is 27.2 Å². The third-order valence-corrected chi connectivity index (χ3v) is 2.34. The first kappa shape index (κ1) is 15.4. The summed E-state index contributed by atoms with van der Waals surface area (Å²) in [4.78, 5) is 34.1. The zero-order valence-corrected chi connectivity index (χ0v) is 10.5. The van der Waals surface area contributed by atoms with Gasteiger partial charge in [0.15, 0.2) is 0 Å². The van der Waals surface area contributed by atoms with Gasteiger partial charge in [0, 0.05) is 33.5 Å². The summed E-state index contributed by atoms with van der Waals surface area (Å²) in [6, 6.07) is 0. The Labute approximate surface area is 101 Å². The van der Waals surface area contributed by atoms with E-state index in [9.17, 15) is 14.4 Å². The normalized spacial score (nSPS) is 11.7. The molecule has 1 atom stereocenters. The van der Waals surface area contributed by atoms with E-state index in [-0.39, 0.29) is 18.4 Å². The molecule has 0 fully saturated rings. The minimum Gasteiger partial charge on any atom is -0.481 e. The molecule has 2 amide bonds. The lowest BCUT2D eigenvalue weighted by Gasteiger charge is -2.23. The minimum absolute atomic E-state index is 0.113. The second-order valence-corrected chi connectivity index (χ2v) is 4.04. The number of carbonyl (C=O) groups excluding carboxylic acids is 2. The molecule has 0 aliphatic carbocycles. The Morgan fingerprint density at radius 2 is 1.88 bits per heavy atom. The Morgan fingerprint density at radius 3 is 2.29 bits per heavy atom. The van der Waals surface area contributed by atoms with Crippen molar-refractivity contribution >= 4 is 17.8 Å². The Bertz CT molecular complexity index is 291. The van der Waals surface area contributed by atoms with Crippen LogP contribution >= 0.6 is 0 Å². The SMILES string of the molecule is CC(=O)NCCCN(CC(C)C(=O)O)C(C)=O. The molecule has 0 saturated heterocycles. The Morgan fingerprint density at radius 1 is 1.29 bits per heavy atom. The van der Waals surface area contributed by atoms with Crippen LogP contribution < -0.4 is 5.32 Å². The van der Waals surface area contributed by atoms with Gasteiger partial charge in [-0.25, -0.2) is 0 Å². The molecule has 1 unspecified atom stereocenters. The predicted molar refractivity (Wildman–Crippen MR) is 62.4 cm³/mol. The van der Waals surface area contributed by atoms with Crippen LogP contribution in [0.15, 0.2) is 0 Å². The number of carboxylic acid groups (broad SMARTS) is 1. The molecule has 98 valence electrons. The first-order valence-electron chi connectivity index (χ1n) is 5.57. The molecular weight excluding hydrogens is 224 g/mol. The monoisotopic (exact) mass is 244 g/mol. The molecule has 0 heterocycles. The molecule has 0 aliphatic rings. The van der Waals surface area contributed by atoms with Gasteiger partial charge in [0.2, 0.25) is 11.8 Å². The highest BCUT2D eigenvalue weighted by Crippen LogP contribution is 2.01. The van der Waals surface area contributed by atoms with Gasteiger partial charge in [0.25, 0.3) is 0 Å². The molecule has 17 heavy (non-hydrogen) atoms. The van der Waals surface area contributed by atoms with E-state index in [0.717, 1.165) is 0 Å². The van der Waals surface area contributed by atoms with E-state index in [0.29, 0.717) is 19.5 Å². The number of hydrogen-bond acceptors (Lipinski definition) is 3. The molecule has 6 heteroatoms. The quantitative estimate of drug-likeness (QED) is 0.621. The van der Waals surface area contributed by atoms with E-state index in [1.54, 1.807) is 6.92 Å². The van der Waals surface area contributed by atoms with Crippen molar-refractivity contribution in [3.05, 3.63) is 0 Å². The summed E-state index contributed by atoms with van der Waals surface area (Å²) >= 11 is 0. The van der Waals surface area contributed by atoms with Crippen LogP contribution in [0.2, 0.25) is 0 Å². The summed E-state index contributed by atoms with van der Waals surface area (Å²) in [7, 11) is 0. The van der Waals surface area contributed by atoms with Gasteiger partial charge in [-0.2, -0.15) is 0 Å². The Balaban J connectivity index is 4.03. The highest BCUT2D eigenvalue weighted by Gasteiger charge is 2.17. The third-order valence-electron chi connectivity index (χ3n) is 2.34. The topological polar surface area (TPSA) is 86.7 Å². The average Bonchev–Trinajstić information content (AvgIpc) is 2.21. The van der Waals surface area contributed by atoms with Crippen molar-refractivity contribution < 1.29 is 19.5 Å². The van der Waals surface area contributed by atoms with E-state index in [1.165, 1.54) is 18.7 Å². The lowest BCUT2D eigenvalue weighted by atomic mass is 10.1. The van der Waals surface area contributed by atoms with E-state index in [1.807, 2.05) is 0 Å². The highest BCUT2D eigenvalue weighted by atomic mass is 16.4. The summed E-state index contributed by atoms with van der Waals surface area (Å²) < 4.78 is 0. The van der Waals surface area contributed by atoms with Crippen LogP contribution in [-0.2, 0) is 14.4 Å². The molecule has 0 spiro atoms. The predicted octanol–water partition coefficient (Wildman–Crippen LogP) is 0.0818. The van der Waals surface area contributed by atoms with Crippen molar-refractivity contribution in [2.24, 2.45) is 5.92 Å². The fourth-order valence-corrected chi connectivity index (χ4v) is 1.32. The van der Waals surface area contributed by atoms with E-state index < -0.39 is 11.9 Å². The molecule has 0 aliphatic heterocycles. The zero-order chi connectivity index (χ0) is 13.4. The van der Waals surface area contributed by atoms with Gasteiger partial charge in [-0.3, -0.25) is 14.4 Å². The molecule has 6 nitrogen and oxygen atoms in total. The maximum atomic E-state index is 11.3. The summed E-state index contributed by atoms with van der Waals surface area (Å²) in [5, 5.41) is 11.4. The molecule has 0 aromatic rings. The van der Waals surface area contributed by atoms with Crippen molar-refractivity contribution in [2.75, 3.05) is 19.6 Å². The summed E-state index contributed by atoms with van der Waals surface area (Å²) in [6.45, 7) is 5.53. The minimum atomic E-state index is -0.918. The molecular formula is C11H20N2O4. The van der Waals surface area contributed by atoms with Crippen LogP contribution in [-0.4, -0.2) is 47.4 Å². The number of amides is 2. The number of hydrogen-bond donors (Lipinski definition) is 2. The van der Waals surface area contributed by atoms with Gasteiger partial charge in [0.1, 0.15) is 0 Å². The van der Waals surface area contributed by atoms with Crippen LogP contribution in [0.25, 0.3) is 0 Å². The summed E-state index contributed by atoms with van der Waals surface area (Å²) in [5.41, 5.74) is 0. The standard InChI is InChI=1S/C11H20N2O4/c1-8(11(16)17)7-13(10(3)15)6-4-5-12-9(2)14/h8H,4-7H2,1-3H3,(H,12,14)(H,16,17). The largest absolute Gasteiger partial charge is 0.481 e. The number of nitrogens with one attached hydrogen (secondary N) is 1. The van der Waals surface area contributed by atoms with Gasteiger partial charge in [-0.05, 0) is 6.42 Å². The molecule has 0 saturated carbocycles. The fraction of sp³-hybridized carbons (Fsp3) is 0.727. The van der Waals surface area contributed by atoms with Crippen LogP contribution in [0.4, 0.5) is 0 Å². The van der Waals surface area contributed by atoms with Gasteiger partial charge in [0.05, 0.1) is 5.92 Å². The molecule has 2 N–H and O–H groups in total. The lowest BCUT2D eigenvalue weighted by Crippen LogP contribution is -2.37. The van der Waals surface area contributed by atoms with Gasteiger partial charge >= 0.3 is 5.97 Å². The molecule has 0 aromatic heterocycles. The first-order valence-corrected chi connectivity index (χ1v) is 5.57. The molecule has 0 bridgehead atoms. The average molecular weight is 244 g/mol. The second kappa shape index (κ2) is 7.65. The number of aliphatic carboxylic acids is 1.